The number of nitrogens with zero attached hydrogens (tertiary/aromatic N) is 1. The van der Waals surface area contributed by atoms with Gasteiger partial charge in [0.1, 0.15) is 13.1 Å². The minimum absolute atomic E-state index is 0.651. The summed E-state index contributed by atoms with van der Waals surface area (Å²) in [4.78, 5) is 0. The summed E-state index contributed by atoms with van der Waals surface area (Å²) in [5.74, 6) is 0.651. The van der Waals surface area contributed by atoms with Gasteiger partial charge < -0.3 is 0 Å². The zero-order chi connectivity index (χ0) is 20.6. The van der Waals surface area contributed by atoms with Gasteiger partial charge in [-0.2, -0.15) is 0 Å². The molecule has 29 heavy (non-hydrogen) atoms. The lowest BCUT2D eigenvalue weighted by atomic mass is 9.88. The zero-order valence-corrected chi connectivity index (χ0v) is 18.4. The summed E-state index contributed by atoms with van der Waals surface area (Å²) in [7, 11) is 0. The smallest absolute Gasteiger partial charge is 0.199 e. The van der Waals surface area contributed by atoms with Crippen molar-refractivity contribution in [3.05, 3.63) is 101 Å². The van der Waals surface area contributed by atoms with Crippen molar-refractivity contribution in [2.75, 3.05) is 13.1 Å². The molecule has 0 radical (unpaired) electrons. The first kappa shape index (κ1) is 21.0. The molecular weight excluding hydrogens is 350 g/mol. The van der Waals surface area contributed by atoms with E-state index in [4.69, 9.17) is 0 Å². The molecule has 0 N–H and O–H groups in total. The Hall–Kier alpha value is -2.67. The molecule has 1 heteroatoms. The van der Waals surface area contributed by atoms with E-state index in [9.17, 15) is 0 Å². The Morgan fingerprint density at radius 3 is 1.76 bits per heavy atom. The second kappa shape index (κ2) is 10.2. The second-order valence-corrected chi connectivity index (χ2v) is 7.60. The van der Waals surface area contributed by atoms with Gasteiger partial charge in [-0.25, -0.2) is 4.58 Å². The molecule has 2 aromatic carbocycles. The molecule has 0 atom stereocenters. The molecule has 2 aromatic rings. The van der Waals surface area contributed by atoms with E-state index in [0.717, 1.165) is 13.1 Å². The maximum atomic E-state index is 2.39. The Balaban J connectivity index is 2.06. The van der Waals surface area contributed by atoms with E-state index >= 15 is 0 Å². The largest absolute Gasteiger partial charge is 0.231 e. The predicted octanol–water partition coefficient (Wildman–Crippen LogP) is 7.01. The Bertz CT molecular complexity index is 896. The first-order valence-electron chi connectivity index (χ1n) is 11.1. The van der Waals surface area contributed by atoms with Gasteiger partial charge in [0.05, 0.1) is 0 Å². The van der Waals surface area contributed by atoms with Gasteiger partial charge in [-0.05, 0) is 72.6 Å². The van der Waals surface area contributed by atoms with Crippen molar-refractivity contribution in [2.24, 2.45) is 0 Å². The molecule has 0 saturated heterocycles. The van der Waals surface area contributed by atoms with Crippen molar-refractivity contribution in [3.8, 4) is 0 Å². The molecule has 3 rings (SSSR count). The highest BCUT2D eigenvalue weighted by Crippen LogP contribution is 2.31. The highest BCUT2D eigenvalue weighted by molar-refractivity contribution is 6.04. The highest BCUT2D eigenvalue weighted by atomic mass is 15.0. The molecule has 1 aliphatic carbocycles. The molecular formula is C28H34N+. The molecule has 1 aliphatic rings. The minimum atomic E-state index is 0.651. The van der Waals surface area contributed by atoms with Crippen LogP contribution in [-0.2, 0) is 0 Å². The summed E-state index contributed by atoms with van der Waals surface area (Å²) in [5, 5.41) is 0. The Morgan fingerprint density at radius 1 is 0.690 bits per heavy atom. The number of allylic oxidation sites excluding steroid dienone is 5. The topological polar surface area (TPSA) is 3.01 Å². The fourth-order valence-electron chi connectivity index (χ4n) is 4.21. The Morgan fingerprint density at radius 2 is 1.24 bits per heavy atom. The number of rotatable bonds is 7. The third-order valence-corrected chi connectivity index (χ3v) is 6.00. The summed E-state index contributed by atoms with van der Waals surface area (Å²) in [5.41, 5.74) is 7.84. The van der Waals surface area contributed by atoms with Gasteiger partial charge >= 0.3 is 0 Å². The van der Waals surface area contributed by atoms with Gasteiger partial charge in [-0.1, -0.05) is 68.4 Å². The van der Waals surface area contributed by atoms with Gasteiger partial charge in [0.15, 0.2) is 5.71 Å². The normalized spacial score (nSPS) is 13.3. The maximum Gasteiger partial charge on any atom is 0.199 e. The summed E-state index contributed by atoms with van der Waals surface area (Å²) in [6, 6.07) is 20.0. The van der Waals surface area contributed by atoms with Crippen LogP contribution in [-0.4, -0.2) is 23.4 Å². The molecule has 150 valence electrons. The molecule has 0 aliphatic heterocycles. The van der Waals surface area contributed by atoms with Crippen LogP contribution in [0, 0.1) is 0 Å². The lowest BCUT2D eigenvalue weighted by Crippen LogP contribution is -2.19. The van der Waals surface area contributed by atoms with Crippen LogP contribution < -0.4 is 0 Å². The number of benzene rings is 2. The fourth-order valence-corrected chi connectivity index (χ4v) is 4.21. The van der Waals surface area contributed by atoms with E-state index in [2.05, 4.69) is 111 Å². The summed E-state index contributed by atoms with van der Waals surface area (Å²) in [6.07, 6.45) is 11.4. The lowest BCUT2D eigenvalue weighted by molar-refractivity contribution is -0.519. The molecule has 0 saturated carbocycles. The number of hydrogen-bond donors (Lipinski definition) is 0. The van der Waals surface area contributed by atoms with E-state index in [1.165, 1.54) is 46.4 Å². The molecule has 0 aromatic heterocycles. The van der Waals surface area contributed by atoms with E-state index in [0.29, 0.717) is 5.92 Å². The average Bonchev–Trinajstić information content (AvgIpc) is 2.78. The lowest BCUT2D eigenvalue weighted by Gasteiger charge is -2.16. The minimum Gasteiger partial charge on any atom is -0.231 e. The van der Waals surface area contributed by atoms with Crippen molar-refractivity contribution < 1.29 is 4.58 Å². The molecule has 0 unspecified atom stereocenters. The SMILES string of the molecule is CCC(CC)c1ccc(C(=C2C=CC(=[N+](CC)CC)C=C2)c2ccccc2)cc1. The van der Waals surface area contributed by atoms with E-state index in [1.54, 1.807) is 0 Å². The zero-order valence-electron chi connectivity index (χ0n) is 18.4. The van der Waals surface area contributed by atoms with Crippen molar-refractivity contribution in [2.45, 2.75) is 46.5 Å². The summed E-state index contributed by atoms with van der Waals surface area (Å²) >= 11 is 0. The number of hydrogen-bond acceptors (Lipinski definition) is 0. The van der Waals surface area contributed by atoms with Crippen LogP contribution in [0.3, 0.4) is 0 Å². The molecule has 0 spiro atoms. The predicted molar refractivity (Wildman–Crippen MR) is 127 cm³/mol. The monoisotopic (exact) mass is 384 g/mol. The van der Waals surface area contributed by atoms with Crippen LogP contribution in [0.5, 0.6) is 0 Å². The van der Waals surface area contributed by atoms with Crippen molar-refractivity contribution in [1.29, 1.82) is 0 Å². The standard InChI is InChI=1S/C28H34N/c1-5-22(6-2)23-14-16-25(17-15-23)28(24-12-10-9-11-13-24)26-18-20-27(21-19-26)29(7-3)8-4/h9-22H,5-8H2,1-4H3/q+1. The first-order chi connectivity index (χ1) is 14.2. The Labute approximate surface area is 176 Å². The molecule has 0 heterocycles. The average molecular weight is 385 g/mol. The van der Waals surface area contributed by atoms with Gasteiger partial charge in [0.2, 0.25) is 0 Å². The maximum absolute atomic E-state index is 2.39. The molecule has 1 nitrogen and oxygen atoms in total. The molecule has 0 amide bonds. The van der Waals surface area contributed by atoms with Crippen molar-refractivity contribution >= 4 is 11.3 Å². The van der Waals surface area contributed by atoms with E-state index in [1.807, 2.05) is 0 Å². The summed E-state index contributed by atoms with van der Waals surface area (Å²) in [6.45, 7) is 11.0. The Kier molecular flexibility index (Phi) is 7.41. The fraction of sp³-hybridized carbons (Fsp3) is 0.321. The van der Waals surface area contributed by atoms with E-state index in [-0.39, 0.29) is 0 Å². The van der Waals surface area contributed by atoms with Gasteiger partial charge in [0, 0.05) is 12.2 Å². The van der Waals surface area contributed by atoms with Crippen molar-refractivity contribution in [1.82, 2.24) is 0 Å². The van der Waals surface area contributed by atoms with E-state index < -0.39 is 0 Å². The van der Waals surface area contributed by atoms with Gasteiger partial charge in [-0.15, -0.1) is 0 Å². The van der Waals surface area contributed by atoms with Crippen molar-refractivity contribution in [3.63, 3.8) is 0 Å². The van der Waals surface area contributed by atoms with Crippen LogP contribution in [0.25, 0.3) is 5.57 Å². The molecule has 0 bridgehead atoms. The van der Waals surface area contributed by atoms with Crippen LogP contribution in [0.2, 0.25) is 0 Å². The molecule has 0 fully saturated rings. The van der Waals surface area contributed by atoms with Gasteiger partial charge in [0.25, 0.3) is 0 Å². The van der Waals surface area contributed by atoms with Crippen LogP contribution in [0.15, 0.2) is 84.5 Å². The summed E-state index contributed by atoms with van der Waals surface area (Å²) < 4.78 is 2.39. The third-order valence-electron chi connectivity index (χ3n) is 6.00. The third kappa shape index (κ3) is 4.85. The van der Waals surface area contributed by atoms with Crippen LogP contribution in [0.1, 0.15) is 63.1 Å². The van der Waals surface area contributed by atoms with Crippen LogP contribution >= 0.6 is 0 Å². The first-order valence-corrected chi connectivity index (χ1v) is 11.1. The quantitative estimate of drug-likeness (QED) is 0.452. The second-order valence-electron chi connectivity index (χ2n) is 7.60. The highest BCUT2D eigenvalue weighted by Gasteiger charge is 2.15. The van der Waals surface area contributed by atoms with Crippen LogP contribution in [0.4, 0.5) is 0 Å². The van der Waals surface area contributed by atoms with Gasteiger partial charge in [-0.3, -0.25) is 0 Å².